The lowest BCUT2D eigenvalue weighted by Crippen LogP contribution is -2.46. The molecule has 1 unspecified atom stereocenters. The standard InChI is InChI=1S/C48H89N4O17P/c1-3-5-7-9-11-13-15-17-19-21-23-25-47(62)66-39-41(69-48(63)26-24-22-20-18-16-14-12-10-8-6-4-2)40-68-70(64,65)67-34-28-49-42(53)35-51(36-44(56)57)32-30-50(29-27-43(54)55)31-33-52(37-45(58)59)38-46(60)61/h41H,3-40H2,1-2H3,(H,49,53)(H,54,55)(H,56,57)(H,58,59)(H,60,61)(H,64,65)/t41-/m1/s1. The number of phosphoric ester groups is 1. The number of esters is 2. The van der Waals surface area contributed by atoms with Gasteiger partial charge in [-0.25, -0.2) is 4.57 Å². The molecule has 22 heteroatoms. The Labute approximate surface area is 416 Å². The van der Waals surface area contributed by atoms with E-state index in [9.17, 15) is 53.2 Å². The van der Waals surface area contributed by atoms with Gasteiger partial charge in [-0.1, -0.05) is 142 Å². The summed E-state index contributed by atoms with van der Waals surface area (Å²) in [4.78, 5) is 97.8. The van der Waals surface area contributed by atoms with E-state index in [0.29, 0.717) is 12.8 Å². The van der Waals surface area contributed by atoms with Crippen LogP contribution in [0.2, 0.25) is 0 Å². The highest BCUT2D eigenvalue weighted by molar-refractivity contribution is 7.47. The van der Waals surface area contributed by atoms with Crippen molar-refractivity contribution in [3.63, 3.8) is 0 Å². The van der Waals surface area contributed by atoms with Crippen molar-refractivity contribution in [3.05, 3.63) is 0 Å². The lowest BCUT2D eigenvalue weighted by Gasteiger charge is -2.28. The molecule has 0 spiro atoms. The molecule has 0 saturated carbocycles. The van der Waals surface area contributed by atoms with Crippen LogP contribution in [0.15, 0.2) is 0 Å². The molecule has 0 rings (SSSR count). The van der Waals surface area contributed by atoms with E-state index in [-0.39, 0.29) is 58.5 Å². The topological polar surface area (TPSA) is 296 Å². The maximum atomic E-state index is 12.8. The number of nitrogens with one attached hydrogen (secondary N) is 1. The molecule has 1 amide bonds. The first-order valence-electron chi connectivity index (χ1n) is 25.7. The minimum Gasteiger partial charge on any atom is -0.481 e. The number of hydrogen-bond acceptors (Lipinski definition) is 15. The molecule has 0 heterocycles. The van der Waals surface area contributed by atoms with Gasteiger partial charge in [-0.05, 0) is 12.8 Å². The summed E-state index contributed by atoms with van der Waals surface area (Å²) in [6.45, 7) is 0.381. The smallest absolute Gasteiger partial charge is 0.472 e. The van der Waals surface area contributed by atoms with Gasteiger partial charge in [0.2, 0.25) is 5.91 Å². The zero-order valence-corrected chi connectivity index (χ0v) is 43.3. The zero-order valence-electron chi connectivity index (χ0n) is 42.4. The Kier molecular flexibility index (Phi) is 41.7. The van der Waals surface area contributed by atoms with E-state index in [1.807, 2.05) is 0 Å². The summed E-state index contributed by atoms with van der Waals surface area (Å²) in [5.74, 6) is -6.64. The maximum Gasteiger partial charge on any atom is 0.472 e. The molecular weight excluding hydrogens is 936 g/mol. The number of phosphoric acid groups is 1. The number of aliphatic carboxylic acids is 4. The normalized spacial score (nSPS) is 12.8. The predicted octanol–water partition coefficient (Wildman–Crippen LogP) is 6.73. The second-order valence-corrected chi connectivity index (χ2v) is 19.4. The highest BCUT2D eigenvalue weighted by Crippen LogP contribution is 2.43. The number of carbonyl (C=O) groups excluding carboxylic acids is 3. The first-order valence-corrected chi connectivity index (χ1v) is 27.2. The molecule has 0 aromatic heterocycles. The number of amides is 1. The van der Waals surface area contributed by atoms with E-state index >= 15 is 0 Å². The van der Waals surface area contributed by atoms with Gasteiger partial charge in [-0.15, -0.1) is 0 Å². The molecule has 21 nitrogen and oxygen atoms in total. The Bertz CT molecular complexity index is 1480. The summed E-state index contributed by atoms with van der Waals surface area (Å²) < 4.78 is 33.8. The number of carbonyl (C=O) groups is 7. The number of ether oxygens (including phenoxy) is 2. The molecule has 0 radical (unpaired) electrons. The first-order chi connectivity index (χ1) is 33.5. The van der Waals surface area contributed by atoms with E-state index in [1.165, 1.54) is 88.4 Å². The fourth-order valence-corrected chi connectivity index (χ4v) is 8.22. The second-order valence-electron chi connectivity index (χ2n) is 17.9. The Morgan fingerprint density at radius 1 is 0.471 bits per heavy atom. The fraction of sp³-hybridized carbons (Fsp3) is 0.854. The van der Waals surface area contributed by atoms with E-state index < -0.39 is 102 Å². The molecule has 70 heavy (non-hydrogen) atoms. The summed E-state index contributed by atoms with van der Waals surface area (Å²) in [5, 5.41) is 39.4. The van der Waals surface area contributed by atoms with Crippen LogP contribution in [0.5, 0.6) is 0 Å². The van der Waals surface area contributed by atoms with Gasteiger partial charge in [-0.3, -0.25) is 52.4 Å². The van der Waals surface area contributed by atoms with Crippen molar-refractivity contribution in [2.75, 3.05) is 85.3 Å². The van der Waals surface area contributed by atoms with Crippen LogP contribution >= 0.6 is 7.82 Å². The first kappa shape index (κ1) is 66.3. The summed E-state index contributed by atoms with van der Waals surface area (Å²) in [5.41, 5.74) is 0. The molecule has 6 N–H and O–H groups in total. The largest absolute Gasteiger partial charge is 0.481 e. The monoisotopic (exact) mass is 1020 g/mol. The number of hydrogen-bond donors (Lipinski definition) is 6. The highest BCUT2D eigenvalue weighted by Gasteiger charge is 2.27. The Morgan fingerprint density at radius 2 is 0.871 bits per heavy atom. The maximum absolute atomic E-state index is 12.8. The Hall–Kier alpha value is -3.72. The average molecular weight is 1030 g/mol. The quantitative estimate of drug-likeness (QED) is 0.0209. The van der Waals surface area contributed by atoms with Gasteiger partial charge >= 0.3 is 43.6 Å². The predicted molar refractivity (Wildman–Crippen MR) is 262 cm³/mol. The molecule has 0 aliphatic heterocycles. The van der Waals surface area contributed by atoms with Crippen LogP contribution in [0.25, 0.3) is 0 Å². The highest BCUT2D eigenvalue weighted by atomic mass is 31.2. The van der Waals surface area contributed by atoms with Gasteiger partial charge in [-0.2, -0.15) is 0 Å². The summed E-state index contributed by atoms with van der Waals surface area (Å²) in [6.07, 6.45) is 23.3. The van der Waals surface area contributed by atoms with Crippen LogP contribution in [0.3, 0.4) is 0 Å². The van der Waals surface area contributed by atoms with Gasteiger partial charge in [0, 0.05) is 52.1 Å². The molecule has 0 bridgehead atoms. The minimum absolute atomic E-state index is 0.0235. The van der Waals surface area contributed by atoms with Crippen LogP contribution in [0, 0.1) is 0 Å². The molecule has 408 valence electrons. The summed E-state index contributed by atoms with van der Waals surface area (Å²) >= 11 is 0. The van der Waals surface area contributed by atoms with Crippen molar-refractivity contribution in [1.29, 1.82) is 0 Å². The minimum atomic E-state index is -4.79. The van der Waals surface area contributed by atoms with Gasteiger partial charge < -0.3 is 45.0 Å². The van der Waals surface area contributed by atoms with Crippen LogP contribution in [0.4, 0.5) is 0 Å². The van der Waals surface area contributed by atoms with Gasteiger partial charge in [0.1, 0.15) is 6.61 Å². The van der Waals surface area contributed by atoms with Crippen molar-refractivity contribution in [1.82, 2.24) is 20.0 Å². The molecular formula is C48H89N4O17P. The molecule has 0 saturated heterocycles. The van der Waals surface area contributed by atoms with Crippen molar-refractivity contribution in [2.24, 2.45) is 0 Å². The number of rotatable bonds is 51. The zero-order chi connectivity index (χ0) is 52.3. The van der Waals surface area contributed by atoms with Crippen molar-refractivity contribution >= 4 is 49.5 Å². The number of carboxylic acid groups (broad SMARTS) is 4. The van der Waals surface area contributed by atoms with E-state index in [0.717, 1.165) is 49.8 Å². The third-order valence-electron chi connectivity index (χ3n) is 11.4. The Morgan fingerprint density at radius 3 is 1.30 bits per heavy atom. The van der Waals surface area contributed by atoms with Crippen LogP contribution in [0.1, 0.15) is 174 Å². The van der Waals surface area contributed by atoms with Crippen molar-refractivity contribution in [2.45, 2.75) is 180 Å². The van der Waals surface area contributed by atoms with Gasteiger partial charge in [0.15, 0.2) is 6.10 Å². The second kappa shape index (κ2) is 44.0. The van der Waals surface area contributed by atoms with Gasteiger partial charge in [0.25, 0.3) is 0 Å². The molecule has 0 aliphatic rings. The summed E-state index contributed by atoms with van der Waals surface area (Å²) in [7, 11) is -4.79. The molecule has 0 fully saturated rings. The lowest BCUT2D eigenvalue weighted by atomic mass is 10.1. The molecule has 0 aromatic carbocycles. The molecule has 0 aromatic rings. The van der Waals surface area contributed by atoms with Crippen LogP contribution in [-0.4, -0.2) is 173 Å². The average Bonchev–Trinajstić information content (AvgIpc) is 3.28. The van der Waals surface area contributed by atoms with Crippen LogP contribution in [-0.2, 0) is 56.6 Å². The summed E-state index contributed by atoms with van der Waals surface area (Å²) in [6, 6.07) is 0. The van der Waals surface area contributed by atoms with Crippen molar-refractivity contribution in [3.8, 4) is 0 Å². The Balaban J connectivity index is 5.15. The molecule has 2 atom stereocenters. The number of carboxylic acids is 4. The number of nitrogens with zero attached hydrogens (tertiary/aromatic N) is 3. The van der Waals surface area contributed by atoms with Gasteiger partial charge in [0.05, 0.1) is 45.8 Å². The third kappa shape index (κ3) is 44.2. The lowest BCUT2D eigenvalue weighted by molar-refractivity contribution is -0.161. The molecule has 0 aliphatic carbocycles. The third-order valence-corrected chi connectivity index (χ3v) is 12.3. The van der Waals surface area contributed by atoms with Crippen LogP contribution < -0.4 is 5.32 Å². The SMILES string of the molecule is CCCCCCCCCCCCCC(=O)OC[C@H](COP(=O)(O)OCCNC(=O)CN(CCN(CCC(=O)O)CCN(CC(=O)O)CC(=O)O)CC(=O)O)OC(=O)CCCCCCCCCCCCC. The van der Waals surface area contributed by atoms with E-state index in [4.69, 9.17) is 28.7 Å². The fourth-order valence-electron chi connectivity index (χ4n) is 7.47. The number of unbranched alkanes of at least 4 members (excludes halogenated alkanes) is 20. The van der Waals surface area contributed by atoms with E-state index in [1.54, 1.807) is 4.90 Å². The van der Waals surface area contributed by atoms with Crippen molar-refractivity contribution < 1.29 is 82.0 Å². The van der Waals surface area contributed by atoms with E-state index in [2.05, 4.69) is 19.2 Å².